The molecule has 1 aliphatic heterocycles. The summed E-state index contributed by atoms with van der Waals surface area (Å²) in [7, 11) is -2.34. The zero-order chi connectivity index (χ0) is 32.2. The number of nitrogens with zero attached hydrogens (tertiary/aromatic N) is 2. The molecular formula is C33H38F4N4O3S. The Balaban J connectivity index is 1.28. The first-order valence-corrected chi connectivity index (χ1v) is 16.6. The number of carbonyl (C=O) groups excluding carboxylic acids is 1. The van der Waals surface area contributed by atoms with Crippen molar-refractivity contribution in [1.29, 1.82) is 0 Å². The van der Waals surface area contributed by atoms with Crippen LogP contribution in [0, 0.1) is 5.82 Å². The molecule has 12 heteroatoms. The molecule has 1 aliphatic carbocycles. The van der Waals surface area contributed by atoms with E-state index in [9.17, 15) is 30.8 Å². The molecule has 1 heterocycles. The van der Waals surface area contributed by atoms with Gasteiger partial charge in [0.25, 0.3) is 0 Å². The van der Waals surface area contributed by atoms with Gasteiger partial charge in [-0.2, -0.15) is 13.2 Å². The average molecular weight is 647 g/mol. The van der Waals surface area contributed by atoms with Crippen LogP contribution in [0.1, 0.15) is 59.2 Å². The molecule has 7 nitrogen and oxygen atoms in total. The number of hydrogen-bond acceptors (Lipinski definition) is 5. The van der Waals surface area contributed by atoms with Crippen LogP contribution in [0.15, 0.2) is 71.6 Å². The zero-order valence-corrected chi connectivity index (χ0v) is 25.9. The van der Waals surface area contributed by atoms with Crippen LogP contribution in [0.25, 0.3) is 0 Å². The van der Waals surface area contributed by atoms with Crippen molar-refractivity contribution >= 4 is 15.9 Å². The van der Waals surface area contributed by atoms with Crippen LogP contribution < -0.4 is 10.0 Å². The maximum Gasteiger partial charge on any atom is 0.416 e. The van der Waals surface area contributed by atoms with Gasteiger partial charge in [-0.1, -0.05) is 36.4 Å². The monoisotopic (exact) mass is 646 g/mol. The number of nitrogens with one attached hydrogen (secondary N) is 2. The molecule has 3 aromatic rings. The Kier molecular flexibility index (Phi) is 10.3. The van der Waals surface area contributed by atoms with Crippen molar-refractivity contribution in [3.63, 3.8) is 0 Å². The number of carbonyl (C=O) groups is 1. The van der Waals surface area contributed by atoms with Crippen LogP contribution in [0.4, 0.5) is 17.6 Å². The van der Waals surface area contributed by atoms with Crippen LogP contribution >= 0.6 is 0 Å². The first-order chi connectivity index (χ1) is 21.4. The first-order valence-electron chi connectivity index (χ1n) is 15.1. The van der Waals surface area contributed by atoms with Gasteiger partial charge in [0, 0.05) is 39.1 Å². The number of amides is 1. The quantitative estimate of drug-likeness (QED) is 0.295. The molecule has 1 amide bonds. The van der Waals surface area contributed by atoms with E-state index < -0.39 is 44.4 Å². The molecule has 0 saturated carbocycles. The number of fused-ring (bicyclic) bond motifs is 1. The fourth-order valence-electron chi connectivity index (χ4n) is 5.99. The Bertz CT molecular complexity index is 1590. The van der Waals surface area contributed by atoms with Crippen LogP contribution in [0.5, 0.6) is 0 Å². The predicted octanol–water partition coefficient (Wildman–Crippen LogP) is 5.24. The molecule has 242 valence electrons. The molecule has 2 atom stereocenters. The van der Waals surface area contributed by atoms with E-state index in [1.54, 1.807) is 0 Å². The third-order valence-corrected chi connectivity index (χ3v) is 10.1. The summed E-state index contributed by atoms with van der Waals surface area (Å²) >= 11 is 0. The van der Waals surface area contributed by atoms with Crippen molar-refractivity contribution in [2.45, 2.75) is 55.3 Å². The van der Waals surface area contributed by atoms with E-state index in [4.69, 9.17) is 0 Å². The lowest BCUT2D eigenvalue weighted by atomic mass is 9.86. The molecule has 0 unspecified atom stereocenters. The first kappa shape index (κ1) is 33.1. The lowest BCUT2D eigenvalue weighted by Crippen LogP contribution is -2.45. The third-order valence-electron chi connectivity index (χ3n) is 8.60. The van der Waals surface area contributed by atoms with E-state index in [-0.39, 0.29) is 12.5 Å². The van der Waals surface area contributed by atoms with Gasteiger partial charge in [0.15, 0.2) is 0 Å². The van der Waals surface area contributed by atoms with Gasteiger partial charge in [0.05, 0.1) is 22.5 Å². The lowest BCUT2D eigenvalue weighted by molar-refractivity contribution is -0.137. The number of sulfonamides is 1. The van der Waals surface area contributed by atoms with Gasteiger partial charge >= 0.3 is 6.18 Å². The fourth-order valence-corrected chi connectivity index (χ4v) is 7.26. The molecule has 2 N–H and O–H groups in total. The van der Waals surface area contributed by atoms with Crippen molar-refractivity contribution in [2.75, 3.05) is 39.8 Å². The second-order valence-corrected chi connectivity index (χ2v) is 13.6. The molecule has 2 aliphatic rings. The number of halogens is 4. The van der Waals surface area contributed by atoms with Crippen molar-refractivity contribution in [3.8, 4) is 0 Å². The Hall–Kier alpha value is -3.32. The summed E-state index contributed by atoms with van der Waals surface area (Å²) in [4.78, 5) is 17.6. The topological polar surface area (TPSA) is 81.8 Å². The summed E-state index contributed by atoms with van der Waals surface area (Å²) in [5.41, 5.74) is 2.65. The van der Waals surface area contributed by atoms with E-state index in [2.05, 4.69) is 45.1 Å². The predicted molar refractivity (Wildman–Crippen MR) is 163 cm³/mol. The Morgan fingerprint density at radius 3 is 2.44 bits per heavy atom. The molecule has 3 aromatic carbocycles. The van der Waals surface area contributed by atoms with E-state index in [1.165, 1.54) is 23.3 Å². The summed E-state index contributed by atoms with van der Waals surface area (Å²) in [6.45, 7) is 5.25. The second kappa shape index (κ2) is 14.0. The minimum atomic E-state index is -4.73. The number of piperazine rings is 1. The Labute approximate surface area is 261 Å². The highest BCUT2D eigenvalue weighted by Gasteiger charge is 2.33. The van der Waals surface area contributed by atoms with Crippen LogP contribution in [0.3, 0.4) is 0 Å². The molecule has 1 saturated heterocycles. The highest BCUT2D eigenvalue weighted by molar-refractivity contribution is 7.89. The number of rotatable bonds is 10. The van der Waals surface area contributed by atoms with Gasteiger partial charge in [0.2, 0.25) is 15.9 Å². The standard InChI is InChI=1S/C33H38F4N4O3S/c1-40-16-18-41(19-17-40)15-14-23-8-13-29-25(20-23)4-2-7-30(29)38-32(42)22-31(24-9-11-27(34)12-10-24)39-45(43,44)28-6-3-5-26(21-28)33(35,36)37/h3,5-6,8-13,20-21,30-31,39H,2,4,7,14-19,22H2,1H3,(H,38,42)/t30-,31-/m1/s1. The Morgan fingerprint density at radius 1 is 1.00 bits per heavy atom. The molecule has 0 spiro atoms. The van der Waals surface area contributed by atoms with Gasteiger partial charge in [-0.05, 0) is 85.3 Å². The molecule has 45 heavy (non-hydrogen) atoms. The molecule has 1 fully saturated rings. The van der Waals surface area contributed by atoms with Gasteiger partial charge in [0.1, 0.15) is 5.82 Å². The molecule has 0 radical (unpaired) electrons. The lowest BCUT2D eigenvalue weighted by Gasteiger charge is -2.32. The van der Waals surface area contributed by atoms with E-state index >= 15 is 0 Å². The summed E-state index contributed by atoms with van der Waals surface area (Å²) in [5.74, 6) is -0.988. The average Bonchev–Trinajstić information content (AvgIpc) is 3.00. The van der Waals surface area contributed by atoms with E-state index in [1.807, 2.05) is 0 Å². The number of hydrogen-bond donors (Lipinski definition) is 2. The van der Waals surface area contributed by atoms with Crippen LogP contribution in [-0.4, -0.2) is 63.9 Å². The smallest absolute Gasteiger partial charge is 0.349 e. The highest BCUT2D eigenvalue weighted by atomic mass is 32.2. The maximum absolute atomic E-state index is 13.7. The van der Waals surface area contributed by atoms with Crippen LogP contribution in [-0.2, 0) is 33.8 Å². The van der Waals surface area contributed by atoms with E-state index in [0.29, 0.717) is 11.6 Å². The molecule has 0 aromatic heterocycles. The third kappa shape index (κ3) is 8.69. The molecule has 5 rings (SSSR count). The summed E-state index contributed by atoms with van der Waals surface area (Å²) in [5, 5.41) is 3.04. The SMILES string of the molecule is CN1CCN(CCc2ccc3c(c2)CCC[C@H]3NC(=O)C[C@@H](NS(=O)(=O)c2cccc(C(F)(F)F)c2)c2ccc(F)cc2)CC1. The second-order valence-electron chi connectivity index (χ2n) is 11.9. The number of aryl methyl sites for hydroxylation is 1. The summed E-state index contributed by atoms with van der Waals surface area (Å²) in [6.07, 6.45) is -1.62. The van der Waals surface area contributed by atoms with Crippen molar-refractivity contribution in [3.05, 3.63) is 100 Å². The zero-order valence-electron chi connectivity index (χ0n) is 25.1. The van der Waals surface area contributed by atoms with Crippen molar-refractivity contribution < 1.29 is 30.8 Å². The van der Waals surface area contributed by atoms with E-state index in [0.717, 1.165) is 94.3 Å². The van der Waals surface area contributed by atoms with Gasteiger partial charge in [-0.15, -0.1) is 0 Å². The van der Waals surface area contributed by atoms with Gasteiger partial charge < -0.3 is 15.1 Å². The maximum atomic E-state index is 13.7. The number of alkyl halides is 3. The van der Waals surface area contributed by atoms with Gasteiger partial charge in [-0.3, -0.25) is 4.79 Å². The minimum absolute atomic E-state index is 0.262. The number of benzene rings is 3. The molecule has 0 bridgehead atoms. The van der Waals surface area contributed by atoms with Crippen LogP contribution in [0.2, 0.25) is 0 Å². The number of likely N-dealkylation sites (N-methyl/N-ethyl adjacent to an activating group) is 1. The van der Waals surface area contributed by atoms with Crippen molar-refractivity contribution in [2.24, 2.45) is 0 Å². The summed E-state index contributed by atoms with van der Waals surface area (Å²) in [6, 6.07) is 13.3. The highest BCUT2D eigenvalue weighted by Crippen LogP contribution is 2.33. The molecular weight excluding hydrogens is 608 g/mol. The minimum Gasteiger partial charge on any atom is -0.349 e. The normalized spacial score (nSPS) is 18.7. The Morgan fingerprint density at radius 2 is 1.73 bits per heavy atom. The van der Waals surface area contributed by atoms with Crippen molar-refractivity contribution in [1.82, 2.24) is 19.8 Å². The largest absolute Gasteiger partial charge is 0.416 e. The summed E-state index contributed by atoms with van der Waals surface area (Å²) < 4.78 is 82.3. The van der Waals surface area contributed by atoms with Gasteiger partial charge in [-0.25, -0.2) is 17.5 Å². The fraction of sp³-hybridized carbons (Fsp3) is 0.424.